The van der Waals surface area contributed by atoms with Gasteiger partial charge in [0.25, 0.3) is 0 Å². The molecule has 0 saturated carbocycles. The molecule has 0 fully saturated rings. The van der Waals surface area contributed by atoms with E-state index in [0.29, 0.717) is 12.2 Å². The number of ether oxygens (including phenoxy) is 2. The predicted molar refractivity (Wildman–Crippen MR) is 86.3 cm³/mol. The Morgan fingerprint density at radius 1 is 1.29 bits per heavy atom. The number of hydrogen-bond acceptors (Lipinski definition) is 3. The van der Waals surface area contributed by atoms with Gasteiger partial charge in [-0.3, -0.25) is 0 Å². The molecule has 3 nitrogen and oxygen atoms in total. The van der Waals surface area contributed by atoms with E-state index in [1.165, 1.54) is 0 Å². The number of hydrogen-bond donors (Lipinski definition) is 0. The highest BCUT2D eigenvalue weighted by atomic mass is 16.6. The van der Waals surface area contributed by atoms with Crippen LogP contribution in [0.25, 0.3) is 6.08 Å². The van der Waals surface area contributed by atoms with E-state index in [1.54, 1.807) is 6.08 Å². The zero-order chi connectivity index (χ0) is 15.9. The summed E-state index contributed by atoms with van der Waals surface area (Å²) in [5.41, 5.74) is 0.516. The van der Waals surface area contributed by atoms with Crippen molar-refractivity contribution >= 4 is 12.0 Å². The van der Waals surface area contributed by atoms with Crippen molar-refractivity contribution in [2.45, 2.75) is 58.7 Å². The minimum Gasteiger partial charge on any atom is -0.479 e. The Kier molecular flexibility index (Phi) is 6.47. The maximum absolute atomic E-state index is 12.2. The molecule has 0 radical (unpaired) electrons. The number of carbonyl (C=O) groups is 1. The lowest BCUT2D eigenvalue weighted by Crippen LogP contribution is -2.35. The normalized spacial score (nSPS) is 12.6. The van der Waals surface area contributed by atoms with Crippen LogP contribution in [0.2, 0.25) is 0 Å². The van der Waals surface area contributed by atoms with Crippen molar-refractivity contribution in [1.82, 2.24) is 0 Å². The van der Waals surface area contributed by atoms with Gasteiger partial charge in [-0.1, -0.05) is 38.1 Å². The summed E-state index contributed by atoms with van der Waals surface area (Å²) in [4.78, 5) is 12.2. The first-order valence-electron chi connectivity index (χ1n) is 7.47. The zero-order valence-electron chi connectivity index (χ0n) is 13.5. The lowest BCUT2D eigenvalue weighted by Gasteiger charge is -2.24. The number of esters is 1. The molecule has 0 bridgehead atoms. The van der Waals surface area contributed by atoms with E-state index in [9.17, 15) is 4.79 Å². The van der Waals surface area contributed by atoms with E-state index in [1.807, 2.05) is 45.0 Å². The SMILES string of the molecule is C=Cc1ccc(OC(CCCC)C(=O)OC(C)(C)C)cc1. The number of unbranched alkanes of at least 4 members (excludes halogenated alkanes) is 1. The van der Waals surface area contributed by atoms with Crippen LogP contribution in [0.5, 0.6) is 5.75 Å². The molecule has 0 N–H and O–H groups in total. The largest absolute Gasteiger partial charge is 0.479 e. The van der Waals surface area contributed by atoms with Crippen molar-refractivity contribution in [1.29, 1.82) is 0 Å². The molecule has 0 spiro atoms. The van der Waals surface area contributed by atoms with Gasteiger partial charge >= 0.3 is 5.97 Å². The van der Waals surface area contributed by atoms with Gasteiger partial charge in [-0.2, -0.15) is 0 Å². The molecule has 0 aromatic heterocycles. The van der Waals surface area contributed by atoms with Crippen molar-refractivity contribution in [3.05, 3.63) is 36.4 Å². The van der Waals surface area contributed by atoms with Crippen molar-refractivity contribution in [3.63, 3.8) is 0 Å². The summed E-state index contributed by atoms with van der Waals surface area (Å²) in [6.07, 6.45) is 3.81. The van der Waals surface area contributed by atoms with Crippen molar-refractivity contribution in [3.8, 4) is 5.75 Å². The van der Waals surface area contributed by atoms with E-state index in [4.69, 9.17) is 9.47 Å². The molecule has 3 heteroatoms. The molecule has 0 saturated heterocycles. The molecule has 1 unspecified atom stereocenters. The molecule has 1 rings (SSSR count). The molecule has 0 amide bonds. The van der Waals surface area contributed by atoms with Crippen LogP contribution in [0.4, 0.5) is 0 Å². The lowest BCUT2D eigenvalue weighted by atomic mass is 10.1. The van der Waals surface area contributed by atoms with Crippen LogP contribution in [0.3, 0.4) is 0 Å². The summed E-state index contributed by atoms with van der Waals surface area (Å²) in [6.45, 7) is 11.4. The number of carbonyl (C=O) groups excluding carboxylic acids is 1. The van der Waals surface area contributed by atoms with Crippen molar-refractivity contribution < 1.29 is 14.3 Å². The van der Waals surface area contributed by atoms with E-state index < -0.39 is 11.7 Å². The average molecular weight is 290 g/mol. The topological polar surface area (TPSA) is 35.5 Å². The maximum atomic E-state index is 12.2. The third-order valence-corrected chi connectivity index (χ3v) is 2.88. The quantitative estimate of drug-likeness (QED) is 0.688. The fourth-order valence-electron chi connectivity index (χ4n) is 1.83. The Balaban J connectivity index is 2.76. The molecule has 116 valence electrons. The predicted octanol–water partition coefficient (Wildman–Crippen LogP) is 4.61. The summed E-state index contributed by atoms with van der Waals surface area (Å²) in [5, 5.41) is 0. The molecule has 0 aliphatic rings. The van der Waals surface area contributed by atoms with E-state index in [-0.39, 0.29) is 5.97 Å². The van der Waals surface area contributed by atoms with E-state index in [2.05, 4.69) is 13.5 Å². The molecule has 0 heterocycles. The van der Waals surface area contributed by atoms with Crippen LogP contribution in [-0.4, -0.2) is 17.7 Å². The Morgan fingerprint density at radius 3 is 2.38 bits per heavy atom. The van der Waals surface area contributed by atoms with Crippen LogP contribution in [-0.2, 0) is 9.53 Å². The second kappa shape index (κ2) is 7.87. The van der Waals surface area contributed by atoms with Gasteiger partial charge in [0.2, 0.25) is 0 Å². The summed E-state index contributed by atoms with van der Waals surface area (Å²) in [6, 6.07) is 7.52. The molecule has 0 aliphatic heterocycles. The second-order valence-electron chi connectivity index (χ2n) is 6.06. The van der Waals surface area contributed by atoms with Crippen molar-refractivity contribution in [2.24, 2.45) is 0 Å². The third kappa shape index (κ3) is 6.48. The second-order valence-corrected chi connectivity index (χ2v) is 6.06. The average Bonchev–Trinajstić information content (AvgIpc) is 2.42. The number of rotatable bonds is 7. The van der Waals surface area contributed by atoms with Gasteiger partial charge in [0.05, 0.1) is 0 Å². The van der Waals surface area contributed by atoms with Crippen molar-refractivity contribution in [2.75, 3.05) is 0 Å². The minimum atomic E-state index is -0.557. The van der Waals surface area contributed by atoms with Crippen LogP contribution in [0.15, 0.2) is 30.8 Å². The molecular formula is C18H26O3. The van der Waals surface area contributed by atoms with E-state index in [0.717, 1.165) is 18.4 Å². The molecule has 1 aromatic rings. The summed E-state index contributed by atoms with van der Waals surface area (Å²) >= 11 is 0. The highest BCUT2D eigenvalue weighted by Crippen LogP contribution is 2.19. The third-order valence-electron chi connectivity index (χ3n) is 2.88. The smallest absolute Gasteiger partial charge is 0.347 e. The highest BCUT2D eigenvalue weighted by molar-refractivity contribution is 5.75. The van der Waals surface area contributed by atoms with Crippen LogP contribution < -0.4 is 4.74 Å². The Morgan fingerprint density at radius 2 is 1.90 bits per heavy atom. The van der Waals surface area contributed by atoms with E-state index >= 15 is 0 Å². The zero-order valence-corrected chi connectivity index (χ0v) is 13.5. The van der Waals surface area contributed by atoms with Gasteiger partial charge in [0, 0.05) is 0 Å². The van der Waals surface area contributed by atoms with Gasteiger partial charge < -0.3 is 9.47 Å². The Bertz CT molecular complexity index is 454. The van der Waals surface area contributed by atoms with Gasteiger partial charge in [-0.25, -0.2) is 4.79 Å². The van der Waals surface area contributed by atoms with Gasteiger partial charge in [0.1, 0.15) is 11.4 Å². The molecule has 1 aromatic carbocycles. The Hall–Kier alpha value is -1.77. The van der Waals surface area contributed by atoms with Crippen LogP contribution in [0, 0.1) is 0 Å². The van der Waals surface area contributed by atoms with Crippen LogP contribution in [0.1, 0.15) is 52.5 Å². The lowest BCUT2D eigenvalue weighted by molar-refractivity contribution is -0.163. The molecule has 0 aliphatic carbocycles. The van der Waals surface area contributed by atoms with Gasteiger partial charge in [-0.15, -0.1) is 0 Å². The fraction of sp³-hybridized carbons (Fsp3) is 0.500. The summed E-state index contributed by atoms with van der Waals surface area (Å²) < 4.78 is 11.2. The summed E-state index contributed by atoms with van der Waals surface area (Å²) in [7, 11) is 0. The Labute approximate surface area is 128 Å². The first kappa shape index (κ1) is 17.3. The van der Waals surface area contributed by atoms with Gasteiger partial charge in [-0.05, 0) is 51.3 Å². The first-order valence-corrected chi connectivity index (χ1v) is 7.47. The maximum Gasteiger partial charge on any atom is 0.347 e. The monoisotopic (exact) mass is 290 g/mol. The summed E-state index contributed by atoms with van der Waals surface area (Å²) in [5.74, 6) is 0.372. The van der Waals surface area contributed by atoms with Gasteiger partial charge in [0.15, 0.2) is 6.10 Å². The highest BCUT2D eigenvalue weighted by Gasteiger charge is 2.26. The molecular weight excluding hydrogens is 264 g/mol. The first-order chi connectivity index (χ1) is 9.85. The molecule has 1 atom stereocenters. The minimum absolute atomic E-state index is 0.302. The fourth-order valence-corrected chi connectivity index (χ4v) is 1.83. The van der Waals surface area contributed by atoms with Crippen LogP contribution >= 0.6 is 0 Å². The molecule has 21 heavy (non-hydrogen) atoms. The standard InChI is InChI=1S/C18H26O3/c1-6-8-9-16(17(19)21-18(3,4)5)20-15-12-10-14(7-2)11-13-15/h7,10-13,16H,2,6,8-9H2,1,3-5H3. The number of benzene rings is 1.